The van der Waals surface area contributed by atoms with E-state index in [4.69, 9.17) is 21.0 Å². The monoisotopic (exact) mass is 570 g/mol. The van der Waals surface area contributed by atoms with Crippen LogP contribution >= 0.6 is 27.5 Å². The van der Waals surface area contributed by atoms with Crippen molar-refractivity contribution in [2.45, 2.75) is 13.8 Å². The van der Waals surface area contributed by atoms with E-state index in [0.717, 1.165) is 32.5 Å². The van der Waals surface area contributed by atoms with Crippen LogP contribution in [-0.4, -0.2) is 20.4 Å². The number of hydrogen-bond donors (Lipinski definition) is 0. The first-order valence-electron chi connectivity index (χ1n) is 11.6. The molecule has 6 aromatic rings. The van der Waals surface area contributed by atoms with E-state index in [-0.39, 0.29) is 5.56 Å². The van der Waals surface area contributed by atoms with Crippen LogP contribution in [0.4, 0.5) is 0 Å². The van der Waals surface area contributed by atoms with Gasteiger partial charge < -0.3 is 8.98 Å². The molecule has 0 saturated carbocycles. The highest BCUT2D eigenvalue weighted by atomic mass is 79.9. The number of furan rings is 1. The van der Waals surface area contributed by atoms with Crippen molar-refractivity contribution < 1.29 is 4.42 Å². The lowest BCUT2D eigenvalue weighted by molar-refractivity contribution is 0.616. The van der Waals surface area contributed by atoms with E-state index < -0.39 is 0 Å². The molecule has 182 valence electrons. The molecule has 3 aromatic carbocycles. The molecule has 0 spiro atoms. The average molecular weight is 572 g/mol. The smallest absolute Gasteiger partial charge is 0.282 e. The number of para-hydroxylation sites is 2. The second-order valence-electron chi connectivity index (χ2n) is 8.72. The number of fused-ring (bicyclic) bond motifs is 2. The van der Waals surface area contributed by atoms with Crippen LogP contribution in [-0.2, 0) is 0 Å². The van der Waals surface area contributed by atoms with Crippen molar-refractivity contribution in [2.75, 3.05) is 0 Å². The molecular formula is C29H20BrClN4O2. The Kier molecular flexibility index (Phi) is 5.82. The molecule has 0 atom stereocenters. The molecule has 37 heavy (non-hydrogen) atoms. The summed E-state index contributed by atoms with van der Waals surface area (Å²) in [4.78, 5) is 18.3. The molecule has 3 heterocycles. The van der Waals surface area contributed by atoms with E-state index in [1.165, 1.54) is 4.68 Å². The highest BCUT2D eigenvalue weighted by Crippen LogP contribution is 2.29. The molecule has 3 aromatic heterocycles. The number of aromatic nitrogens is 3. The molecule has 0 aliphatic rings. The Labute approximate surface area is 225 Å². The number of halogens is 2. The summed E-state index contributed by atoms with van der Waals surface area (Å²) in [6, 6.07) is 24.6. The normalized spacial score (nSPS) is 11.8. The predicted molar refractivity (Wildman–Crippen MR) is 152 cm³/mol. The number of benzene rings is 3. The Morgan fingerprint density at radius 1 is 1.00 bits per heavy atom. The topological polar surface area (TPSA) is 65.3 Å². The molecule has 0 aliphatic carbocycles. The summed E-state index contributed by atoms with van der Waals surface area (Å²) in [6.45, 7) is 4.02. The molecule has 0 unspecified atom stereocenters. The summed E-state index contributed by atoms with van der Waals surface area (Å²) in [5, 5.41) is 6.66. The Balaban J connectivity index is 1.51. The van der Waals surface area contributed by atoms with Gasteiger partial charge in [0.15, 0.2) is 5.76 Å². The fraction of sp³-hybridized carbons (Fsp3) is 0.0690. The lowest BCUT2D eigenvalue weighted by Crippen LogP contribution is -2.20. The Bertz CT molecular complexity index is 1880. The summed E-state index contributed by atoms with van der Waals surface area (Å²) in [5.74, 6) is 0.806. The van der Waals surface area contributed by atoms with E-state index in [9.17, 15) is 4.79 Å². The molecule has 0 amide bonds. The van der Waals surface area contributed by atoms with Crippen LogP contribution in [0.5, 0.6) is 0 Å². The Morgan fingerprint density at radius 3 is 2.59 bits per heavy atom. The van der Waals surface area contributed by atoms with Gasteiger partial charge in [-0.05, 0) is 78.3 Å². The summed E-state index contributed by atoms with van der Waals surface area (Å²) in [6.07, 6.45) is 1.68. The fourth-order valence-corrected chi connectivity index (χ4v) is 4.96. The molecule has 0 saturated heterocycles. The van der Waals surface area contributed by atoms with E-state index in [1.54, 1.807) is 12.3 Å². The van der Waals surface area contributed by atoms with Gasteiger partial charge in [-0.25, -0.2) is 4.98 Å². The molecule has 0 fully saturated rings. The van der Waals surface area contributed by atoms with Gasteiger partial charge in [0.1, 0.15) is 5.58 Å². The second kappa shape index (κ2) is 9.18. The number of aryl methyl sites for hydroxylation is 1. The summed E-state index contributed by atoms with van der Waals surface area (Å²) >= 11 is 9.79. The van der Waals surface area contributed by atoms with Gasteiger partial charge in [-0.2, -0.15) is 9.78 Å². The highest BCUT2D eigenvalue weighted by Gasteiger charge is 2.17. The maximum Gasteiger partial charge on any atom is 0.282 e. The van der Waals surface area contributed by atoms with Gasteiger partial charge in [-0.3, -0.25) is 4.79 Å². The van der Waals surface area contributed by atoms with Crippen molar-refractivity contribution in [3.63, 3.8) is 0 Å². The first-order chi connectivity index (χ1) is 17.9. The third kappa shape index (κ3) is 4.10. The Morgan fingerprint density at radius 2 is 1.78 bits per heavy atom. The zero-order chi connectivity index (χ0) is 25.7. The van der Waals surface area contributed by atoms with Crippen molar-refractivity contribution in [3.05, 3.63) is 116 Å². The second-order valence-corrected chi connectivity index (χ2v) is 9.98. The number of nitrogens with zero attached hydrogens (tertiary/aromatic N) is 4. The SMILES string of the molecule is Cc1cc(C=Nn2c(-c3cc4ccccc4o3)nc3ccccc3c2=O)c(C)n1-c1ccc(Br)c(Cl)c1. The quantitative estimate of drug-likeness (QED) is 0.206. The van der Waals surface area contributed by atoms with E-state index in [0.29, 0.717) is 33.1 Å². The standard InChI is InChI=1S/C29H20BrClN4O2/c1-17-13-20(18(2)34(17)21-11-12-23(30)24(31)15-21)16-32-35-28(27-14-19-7-3-6-10-26(19)37-27)33-25-9-5-4-8-22(25)29(35)36/h3-16H,1-2H3. The summed E-state index contributed by atoms with van der Waals surface area (Å²) in [7, 11) is 0. The van der Waals surface area contributed by atoms with E-state index in [2.05, 4.69) is 25.6 Å². The van der Waals surface area contributed by atoms with Crippen molar-refractivity contribution >= 4 is 55.6 Å². The lowest BCUT2D eigenvalue weighted by Gasteiger charge is -2.11. The van der Waals surface area contributed by atoms with Gasteiger partial charge in [0.2, 0.25) is 5.82 Å². The molecule has 6 nitrogen and oxygen atoms in total. The van der Waals surface area contributed by atoms with Crippen molar-refractivity contribution in [2.24, 2.45) is 5.10 Å². The van der Waals surface area contributed by atoms with Crippen LogP contribution in [0.3, 0.4) is 0 Å². The average Bonchev–Trinajstić information content (AvgIpc) is 3.45. The summed E-state index contributed by atoms with van der Waals surface area (Å²) in [5.41, 5.74) is 4.81. The highest BCUT2D eigenvalue weighted by molar-refractivity contribution is 9.10. The third-order valence-electron chi connectivity index (χ3n) is 6.34. The van der Waals surface area contributed by atoms with Crippen LogP contribution in [0.2, 0.25) is 5.02 Å². The summed E-state index contributed by atoms with van der Waals surface area (Å²) < 4.78 is 10.3. The number of rotatable bonds is 4. The minimum Gasteiger partial charge on any atom is -0.453 e. The van der Waals surface area contributed by atoms with Crippen LogP contribution < -0.4 is 5.56 Å². The van der Waals surface area contributed by atoms with Gasteiger partial charge in [-0.1, -0.05) is 41.9 Å². The van der Waals surface area contributed by atoms with E-state index in [1.807, 2.05) is 86.6 Å². The first kappa shape index (κ1) is 23.5. The zero-order valence-electron chi connectivity index (χ0n) is 19.9. The largest absolute Gasteiger partial charge is 0.453 e. The van der Waals surface area contributed by atoms with Gasteiger partial charge in [0.25, 0.3) is 5.56 Å². The number of hydrogen-bond acceptors (Lipinski definition) is 4. The minimum atomic E-state index is -0.272. The predicted octanol–water partition coefficient (Wildman–Crippen LogP) is 7.52. The van der Waals surface area contributed by atoms with Gasteiger partial charge in [0, 0.05) is 32.5 Å². The van der Waals surface area contributed by atoms with Gasteiger partial charge in [0.05, 0.1) is 22.1 Å². The zero-order valence-corrected chi connectivity index (χ0v) is 22.3. The van der Waals surface area contributed by atoms with Crippen molar-refractivity contribution in [1.29, 1.82) is 0 Å². The maximum atomic E-state index is 13.6. The molecule has 8 heteroatoms. The van der Waals surface area contributed by atoms with Crippen LogP contribution in [0.15, 0.2) is 97.6 Å². The fourth-order valence-electron chi connectivity index (χ4n) is 4.54. The van der Waals surface area contributed by atoms with E-state index >= 15 is 0 Å². The van der Waals surface area contributed by atoms with Crippen molar-refractivity contribution in [1.82, 2.24) is 14.2 Å². The molecule has 0 bridgehead atoms. The maximum absolute atomic E-state index is 13.6. The Hall–Kier alpha value is -3.94. The minimum absolute atomic E-state index is 0.272. The van der Waals surface area contributed by atoms with Crippen LogP contribution in [0.25, 0.3) is 39.1 Å². The molecule has 6 rings (SSSR count). The molecule has 0 N–H and O–H groups in total. The van der Waals surface area contributed by atoms with Crippen LogP contribution in [0.1, 0.15) is 17.0 Å². The first-order valence-corrected chi connectivity index (χ1v) is 12.8. The van der Waals surface area contributed by atoms with Gasteiger partial charge >= 0.3 is 0 Å². The third-order valence-corrected chi connectivity index (χ3v) is 7.58. The molecular weight excluding hydrogens is 552 g/mol. The lowest BCUT2D eigenvalue weighted by atomic mass is 10.2. The molecule has 0 radical (unpaired) electrons. The van der Waals surface area contributed by atoms with Crippen LogP contribution in [0, 0.1) is 13.8 Å². The van der Waals surface area contributed by atoms with Crippen molar-refractivity contribution in [3.8, 4) is 17.3 Å². The molecule has 0 aliphatic heterocycles. The van der Waals surface area contributed by atoms with Gasteiger partial charge in [-0.15, -0.1) is 0 Å².